The molecule has 1 aliphatic rings. The van der Waals surface area contributed by atoms with Gasteiger partial charge < -0.3 is 10.4 Å². The summed E-state index contributed by atoms with van der Waals surface area (Å²) in [7, 11) is 0. The minimum absolute atomic E-state index is 0.103. The summed E-state index contributed by atoms with van der Waals surface area (Å²) in [5.41, 5.74) is 0.201. The molecule has 0 heterocycles. The average molecular weight is 268 g/mol. The first kappa shape index (κ1) is 13.2. The van der Waals surface area contributed by atoms with E-state index in [0.717, 1.165) is 25.7 Å². The molecule has 0 radical (unpaired) electrons. The van der Waals surface area contributed by atoms with E-state index in [1.54, 1.807) is 18.2 Å². The Hall–Kier alpha value is -1.22. The van der Waals surface area contributed by atoms with E-state index in [-0.39, 0.29) is 17.2 Å². The van der Waals surface area contributed by atoms with Crippen molar-refractivity contribution in [3.8, 4) is 5.75 Å². The summed E-state index contributed by atoms with van der Waals surface area (Å²) < 4.78 is 0. The number of aromatic hydroxyl groups is 1. The second kappa shape index (κ2) is 5.61. The minimum Gasteiger partial charge on any atom is -0.508 e. The third-order valence-corrected chi connectivity index (χ3v) is 4.07. The highest BCUT2D eigenvalue weighted by molar-refractivity contribution is 6.19. The van der Waals surface area contributed by atoms with Crippen molar-refractivity contribution < 1.29 is 9.90 Å². The van der Waals surface area contributed by atoms with Crippen molar-refractivity contribution in [2.75, 3.05) is 5.88 Å². The van der Waals surface area contributed by atoms with Gasteiger partial charge in [0.05, 0.1) is 5.54 Å². The molecule has 0 spiro atoms. The van der Waals surface area contributed by atoms with E-state index < -0.39 is 0 Å². The lowest BCUT2D eigenvalue weighted by atomic mass is 9.83. The van der Waals surface area contributed by atoms with Gasteiger partial charge in [0.1, 0.15) is 5.75 Å². The molecule has 4 heteroatoms. The molecule has 1 saturated carbocycles. The maximum absolute atomic E-state index is 12.1. The van der Waals surface area contributed by atoms with Crippen LogP contribution in [0.4, 0.5) is 0 Å². The highest BCUT2D eigenvalue weighted by atomic mass is 35.5. The molecule has 2 N–H and O–H groups in total. The van der Waals surface area contributed by atoms with E-state index in [1.165, 1.54) is 12.5 Å². The second-order valence-electron chi connectivity index (χ2n) is 4.98. The van der Waals surface area contributed by atoms with Gasteiger partial charge in [0.25, 0.3) is 5.91 Å². The van der Waals surface area contributed by atoms with Gasteiger partial charge in [-0.05, 0) is 31.0 Å². The van der Waals surface area contributed by atoms with Crippen molar-refractivity contribution in [3.05, 3.63) is 29.8 Å². The van der Waals surface area contributed by atoms with E-state index in [9.17, 15) is 9.90 Å². The SMILES string of the molecule is O=C(NC1(CCl)CCCCC1)c1cccc(O)c1. The number of rotatable bonds is 3. The lowest BCUT2D eigenvalue weighted by molar-refractivity contribution is 0.0884. The van der Waals surface area contributed by atoms with E-state index >= 15 is 0 Å². The standard InChI is InChI=1S/C14H18ClNO2/c15-10-14(7-2-1-3-8-14)16-13(18)11-5-4-6-12(17)9-11/h4-6,9,17H,1-3,7-8,10H2,(H,16,18). The Balaban J connectivity index is 2.10. The quantitative estimate of drug-likeness (QED) is 0.827. The molecule has 0 aromatic heterocycles. The first-order valence-corrected chi connectivity index (χ1v) is 6.86. The maximum Gasteiger partial charge on any atom is 0.251 e. The largest absolute Gasteiger partial charge is 0.508 e. The van der Waals surface area contributed by atoms with Gasteiger partial charge in [0, 0.05) is 11.4 Å². The molecule has 1 aromatic carbocycles. The summed E-state index contributed by atoms with van der Waals surface area (Å²) in [5.74, 6) is 0.386. The van der Waals surface area contributed by atoms with Gasteiger partial charge in [0.15, 0.2) is 0 Å². The third kappa shape index (κ3) is 2.96. The van der Waals surface area contributed by atoms with Crippen LogP contribution in [0.2, 0.25) is 0 Å². The van der Waals surface area contributed by atoms with Crippen LogP contribution in [-0.4, -0.2) is 22.4 Å². The van der Waals surface area contributed by atoms with Gasteiger partial charge in [-0.2, -0.15) is 0 Å². The summed E-state index contributed by atoms with van der Waals surface area (Å²) in [6.45, 7) is 0. The molecule has 0 aliphatic heterocycles. The number of alkyl halides is 1. The number of phenols is 1. The van der Waals surface area contributed by atoms with Crippen LogP contribution in [0, 0.1) is 0 Å². The van der Waals surface area contributed by atoms with Crippen LogP contribution in [-0.2, 0) is 0 Å². The molecular formula is C14H18ClNO2. The Bertz CT molecular complexity index is 428. The minimum atomic E-state index is -0.275. The van der Waals surface area contributed by atoms with Gasteiger partial charge in [0.2, 0.25) is 0 Å². The average Bonchev–Trinajstić information content (AvgIpc) is 2.40. The summed E-state index contributed by atoms with van der Waals surface area (Å²) >= 11 is 6.04. The summed E-state index contributed by atoms with van der Waals surface area (Å²) in [5, 5.41) is 12.4. The van der Waals surface area contributed by atoms with Crippen LogP contribution in [0.3, 0.4) is 0 Å². The fourth-order valence-electron chi connectivity index (χ4n) is 2.48. The zero-order valence-electron chi connectivity index (χ0n) is 10.3. The molecule has 0 atom stereocenters. The molecule has 18 heavy (non-hydrogen) atoms. The highest BCUT2D eigenvalue weighted by Crippen LogP contribution is 2.29. The van der Waals surface area contributed by atoms with Gasteiger partial charge in [-0.25, -0.2) is 0 Å². The maximum atomic E-state index is 12.1. The number of phenolic OH excluding ortho intramolecular Hbond substituents is 1. The number of benzene rings is 1. The number of carbonyl (C=O) groups excluding carboxylic acids is 1. The van der Waals surface area contributed by atoms with E-state index in [1.807, 2.05) is 0 Å². The Morgan fingerprint density at radius 1 is 1.33 bits per heavy atom. The van der Waals surface area contributed by atoms with Crippen LogP contribution in [0.25, 0.3) is 0 Å². The molecule has 3 nitrogen and oxygen atoms in total. The van der Waals surface area contributed by atoms with Crippen LogP contribution in [0.5, 0.6) is 5.75 Å². The summed E-state index contributed by atoms with van der Waals surface area (Å²) in [4.78, 5) is 12.1. The monoisotopic (exact) mass is 267 g/mol. The highest BCUT2D eigenvalue weighted by Gasteiger charge is 2.32. The molecule has 2 rings (SSSR count). The predicted octanol–water partition coefficient (Wildman–Crippen LogP) is 3.06. The number of amides is 1. The number of halogens is 1. The van der Waals surface area contributed by atoms with Crippen molar-refractivity contribution in [1.82, 2.24) is 5.32 Å². The molecule has 1 amide bonds. The van der Waals surface area contributed by atoms with Gasteiger partial charge in [-0.3, -0.25) is 4.79 Å². The van der Waals surface area contributed by atoms with E-state index in [4.69, 9.17) is 11.6 Å². The Labute approximate surface area is 112 Å². The Kier molecular flexibility index (Phi) is 4.12. The molecule has 1 fully saturated rings. The van der Waals surface area contributed by atoms with Crippen molar-refractivity contribution in [2.45, 2.75) is 37.6 Å². The lowest BCUT2D eigenvalue weighted by Crippen LogP contribution is -2.51. The smallest absolute Gasteiger partial charge is 0.251 e. The van der Waals surface area contributed by atoms with E-state index in [2.05, 4.69) is 5.32 Å². The van der Waals surface area contributed by atoms with Crippen molar-refractivity contribution in [3.63, 3.8) is 0 Å². The van der Waals surface area contributed by atoms with Crippen molar-refractivity contribution >= 4 is 17.5 Å². The zero-order valence-corrected chi connectivity index (χ0v) is 11.0. The fraction of sp³-hybridized carbons (Fsp3) is 0.500. The zero-order chi connectivity index (χ0) is 13.0. The first-order chi connectivity index (χ1) is 8.65. The third-order valence-electron chi connectivity index (χ3n) is 3.55. The van der Waals surface area contributed by atoms with Gasteiger partial charge in [-0.1, -0.05) is 25.3 Å². The Morgan fingerprint density at radius 2 is 2.06 bits per heavy atom. The molecule has 0 bridgehead atoms. The first-order valence-electron chi connectivity index (χ1n) is 6.33. The molecule has 98 valence electrons. The number of carbonyl (C=O) groups is 1. The lowest BCUT2D eigenvalue weighted by Gasteiger charge is -2.36. The van der Waals surface area contributed by atoms with Crippen molar-refractivity contribution in [2.24, 2.45) is 0 Å². The molecule has 0 saturated heterocycles. The van der Waals surface area contributed by atoms with Crippen LogP contribution in [0.15, 0.2) is 24.3 Å². The van der Waals surface area contributed by atoms with Crippen LogP contribution < -0.4 is 5.32 Å². The fourth-order valence-corrected chi connectivity index (χ4v) is 2.81. The number of nitrogens with one attached hydrogen (secondary N) is 1. The van der Waals surface area contributed by atoms with Crippen LogP contribution in [0.1, 0.15) is 42.5 Å². The number of hydrogen-bond acceptors (Lipinski definition) is 2. The summed E-state index contributed by atoms with van der Waals surface area (Å²) in [6, 6.07) is 6.38. The normalized spacial score (nSPS) is 18.3. The second-order valence-corrected chi connectivity index (χ2v) is 5.25. The van der Waals surface area contributed by atoms with Gasteiger partial charge >= 0.3 is 0 Å². The molecule has 1 aliphatic carbocycles. The number of hydrogen-bond donors (Lipinski definition) is 2. The van der Waals surface area contributed by atoms with Crippen molar-refractivity contribution in [1.29, 1.82) is 0 Å². The van der Waals surface area contributed by atoms with Gasteiger partial charge in [-0.15, -0.1) is 11.6 Å². The van der Waals surface area contributed by atoms with Crippen LogP contribution >= 0.6 is 11.6 Å². The topological polar surface area (TPSA) is 49.3 Å². The molecule has 1 aromatic rings. The Morgan fingerprint density at radius 3 is 2.67 bits per heavy atom. The molecule has 0 unspecified atom stereocenters. The predicted molar refractivity (Wildman–Crippen MR) is 72.1 cm³/mol. The molecular weight excluding hydrogens is 250 g/mol. The van der Waals surface area contributed by atoms with E-state index in [0.29, 0.717) is 11.4 Å². The summed E-state index contributed by atoms with van der Waals surface area (Å²) in [6.07, 6.45) is 5.28.